The summed E-state index contributed by atoms with van der Waals surface area (Å²) in [5.41, 5.74) is 10.2. The Balaban J connectivity index is 0.000000259. The standard InChI is InChI=1S/C22H23N3O3.C8H13N3O/c1-3-15-4-7-20(14(2)10-15)28-21-8-9-24-19-6-5-16(11-18(19)21)25-13-17(12-23)27-22(25)26;1-8(2,3)11-5-7(4-10-11)9-6-12/h4-11,17H,3,12-13,23H2,1-2H3;4-6H,1-3H3,(H,9,12). The average molecular weight is 545 g/mol. The maximum absolute atomic E-state index is 12.2. The zero-order chi connectivity index (χ0) is 28.9. The fraction of sp³-hybridized carbons (Fsp3) is 0.333. The highest BCUT2D eigenvalue weighted by Gasteiger charge is 2.31. The second-order valence-electron chi connectivity index (χ2n) is 10.5. The lowest BCUT2D eigenvalue weighted by Crippen LogP contribution is -2.27. The Labute approximate surface area is 234 Å². The van der Waals surface area contributed by atoms with Crippen LogP contribution in [0.5, 0.6) is 11.5 Å². The van der Waals surface area contributed by atoms with E-state index in [-0.39, 0.29) is 17.7 Å². The Morgan fingerprint density at radius 2 is 1.98 bits per heavy atom. The molecule has 5 rings (SSSR count). The number of benzene rings is 2. The molecule has 0 aliphatic carbocycles. The van der Waals surface area contributed by atoms with E-state index in [0.29, 0.717) is 25.2 Å². The molecule has 1 saturated heterocycles. The third-order valence-corrected chi connectivity index (χ3v) is 6.50. The summed E-state index contributed by atoms with van der Waals surface area (Å²) in [7, 11) is 0. The van der Waals surface area contributed by atoms with Crippen LogP contribution >= 0.6 is 0 Å². The molecule has 0 spiro atoms. The molecular weight excluding hydrogens is 508 g/mol. The van der Waals surface area contributed by atoms with Crippen LogP contribution in [0, 0.1) is 6.92 Å². The largest absolute Gasteiger partial charge is 0.456 e. The molecule has 210 valence electrons. The minimum atomic E-state index is -0.382. The number of nitrogens with one attached hydrogen (secondary N) is 1. The predicted molar refractivity (Wildman–Crippen MR) is 156 cm³/mol. The van der Waals surface area contributed by atoms with Gasteiger partial charge in [0.1, 0.15) is 17.6 Å². The number of nitrogens with two attached hydrogens (primary N) is 1. The summed E-state index contributed by atoms with van der Waals surface area (Å²) in [5, 5.41) is 7.47. The number of hydrogen-bond acceptors (Lipinski definition) is 7. The molecule has 1 atom stereocenters. The zero-order valence-electron chi connectivity index (χ0n) is 23.5. The van der Waals surface area contributed by atoms with Crippen molar-refractivity contribution in [2.24, 2.45) is 5.73 Å². The van der Waals surface area contributed by atoms with Crippen molar-refractivity contribution in [2.75, 3.05) is 23.3 Å². The molecule has 3 heterocycles. The molecule has 2 aromatic carbocycles. The SMILES string of the molecule is CC(C)(C)n1cc(NC=O)cn1.CCc1ccc(Oc2ccnc3ccc(N4CC(CN)OC4=O)cc23)c(C)c1. The molecule has 0 saturated carbocycles. The van der Waals surface area contributed by atoms with Crippen molar-refractivity contribution in [3.8, 4) is 11.5 Å². The fourth-order valence-electron chi connectivity index (χ4n) is 4.22. The van der Waals surface area contributed by atoms with Crippen molar-refractivity contribution in [3.05, 3.63) is 72.2 Å². The normalized spacial score (nSPS) is 14.9. The molecule has 0 radical (unpaired) electrons. The zero-order valence-corrected chi connectivity index (χ0v) is 23.5. The van der Waals surface area contributed by atoms with Gasteiger partial charge in [-0.3, -0.25) is 19.4 Å². The van der Waals surface area contributed by atoms with E-state index < -0.39 is 0 Å². The molecule has 10 nitrogen and oxygen atoms in total. The highest BCUT2D eigenvalue weighted by Crippen LogP contribution is 2.34. The van der Waals surface area contributed by atoms with E-state index in [2.05, 4.69) is 34.5 Å². The summed E-state index contributed by atoms with van der Waals surface area (Å²) < 4.78 is 13.3. The molecule has 3 N–H and O–H groups in total. The third kappa shape index (κ3) is 6.58. The number of pyridine rings is 1. The average Bonchev–Trinajstić information content (AvgIpc) is 3.57. The van der Waals surface area contributed by atoms with Crippen LogP contribution in [0.4, 0.5) is 16.2 Å². The van der Waals surface area contributed by atoms with Crippen molar-refractivity contribution >= 4 is 34.8 Å². The number of cyclic esters (lactones) is 1. The Hall–Kier alpha value is -4.44. The van der Waals surface area contributed by atoms with Gasteiger partial charge >= 0.3 is 6.09 Å². The number of aryl methyl sites for hydroxylation is 2. The van der Waals surface area contributed by atoms with Gasteiger partial charge in [0.25, 0.3) is 0 Å². The lowest BCUT2D eigenvalue weighted by atomic mass is 10.1. The Kier molecular flexibility index (Phi) is 8.69. The first kappa shape index (κ1) is 28.6. The number of ether oxygens (including phenoxy) is 2. The van der Waals surface area contributed by atoms with Crippen LogP contribution in [0.3, 0.4) is 0 Å². The van der Waals surface area contributed by atoms with Crippen LogP contribution in [0.1, 0.15) is 38.8 Å². The molecule has 2 aromatic heterocycles. The summed E-state index contributed by atoms with van der Waals surface area (Å²) in [6.07, 6.45) is 6.11. The number of aromatic nitrogens is 3. The van der Waals surface area contributed by atoms with Crippen molar-refractivity contribution in [2.45, 2.75) is 52.7 Å². The lowest BCUT2D eigenvalue weighted by molar-refractivity contribution is -0.105. The Morgan fingerprint density at radius 1 is 1.18 bits per heavy atom. The number of hydrogen-bond donors (Lipinski definition) is 2. The van der Waals surface area contributed by atoms with Crippen LogP contribution < -0.4 is 20.7 Å². The maximum atomic E-state index is 12.2. The quantitative estimate of drug-likeness (QED) is 0.299. The second-order valence-corrected chi connectivity index (χ2v) is 10.5. The number of anilines is 2. The molecule has 1 unspecified atom stereocenters. The number of carbonyl (C=O) groups is 2. The van der Waals surface area contributed by atoms with E-state index in [1.165, 1.54) is 5.56 Å². The van der Waals surface area contributed by atoms with E-state index in [0.717, 1.165) is 40.0 Å². The van der Waals surface area contributed by atoms with Crippen LogP contribution in [0.2, 0.25) is 0 Å². The number of carbonyl (C=O) groups excluding carboxylic acids is 2. The van der Waals surface area contributed by atoms with Crippen molar-refractivity contribution in [1.82, 2.24) is 14.8 Å². The van der Waals surface area contributed by atoms with Crippen LogP contribution in [-0.2, 0) is 21.5 Å². The smallest absolute Gasteiger partial charge is 0.414 e. The van der Waals surface area contributed by atoms with E-state index in [9.17, 15) is 9.59 Å². The molecule has 40 heavy (non-hydrogen) atoms. The molecule has 2 amide bonds. The monoisotopic (exact) mass is 544 g/mol. The maximum Gasteiger partial charge on any atom is 0.414 e. The van der Waals surface area contributed by atoms with Crippen molar-refractivity contribution in [3.63, 3.8) is 0 Å². The first-order valence-corrected chi connectivity index (χ1v) is 13.2. The summed E-state index contributed by atoms with van der Waals surface area (Å²) >= 11 is 0. The molecule has 0 bridgehead atoms. The summed E-state index contributed by atoms with van der Waals surface area (Å²) in [6.45, 7) is 11.1. The third-order valence-electron chi connectivity index (χ3n) is 6.50. The van der Waals surface area contributed by atoms with E-state index in [4.69, 9.17) is 15.2 Å². The molecule has 4 aromatic rings. The minimum absolute atomic E-state index is 0.0389. The molecule has 1 fully saturated rings. The Bertz CT molecular complexity index is 1490. The Morgan fingerprint density at radius 3 is 2.60 bits per heavy atom. The van der Waals surface area contributed by atoms with Crippen LogP contribution in [0.25, 0.3) is 10.9 Å². The summed E-state index contributed by atoms with van der Waals surface area (Å²) in [4.78, 5) is 28.3. The van der Waals surface area contributed by atoms with Crippen LogP contribution in [0.15, 0.2) is 61.1 Å². The van der Waals surface area contributed by atoms with E-state index in [1.807, 2.05) is 58.0 Å². The van der Waals surface area contributed by atoms with Gasteiger partial charge in [-0.2, -0.15) is 5.10 Å². The summed E-state index contributed by atoms with van der Waals surface area (Å²) in [6, 6.07) is 13.7. The van der Waals surface area contributed by atoms with Crippen molar-refractivity contribution in [1.29, 1.82) is 0 Å². The minimum Gasteiger partial charge on any atom is -0.456 e. The van der Waals surface area contributed by atoms with Gasteiger partial charge in [-0.25, -0.2) is 4.79 Å². The molecular formula is C30H36N6O4. The fourth-order valence-corrected chi connectivity index (χ4v) is 4.22. The van der Waals surface area contributed by atoms with Gasteiger partial charge in [0.05, 0.1) is 29.5 Å². The van der Waals surface area contributed by atoms with E-state index in [1.54, 1.807) is 28.2 Å². The number of fused-ring (bicyclic) bond motifs is 1. The predicted octanol–water partition coefficient (Wildman–Crippen LogP) is 5.39. The van der Waals surface area contributed by atoms with Crippen molar-refractivity contribution < 1.29 is 19.1 Å². The van der Waals surface area contributed by atoms with Gasteiger partial charge < -0.3 is 20.5 Å². The lowest BCUT2D eigenvalue weighted by Gasteiger charge is -2.18. The van der Waals surface area contributed by atoms with Gasteiger partial charge in [-0.1, -0.05) is 19.1 Å². The van der Waals surface area contributed by atoms with Gasteiger partial charge in [0, 0.05) is 30.0 Å². The number of nitrogens with zero attached hydrogens (tertiary/aromatic N) is 4. The molecule has 10 heteroatoms. The summed E-state index contributed by atoms with van der Waals surface area (Å²) in [5.74, 6) is 1.50. The second kappa shape index (κ2) is 12.2. The topological polar surface area (TPSA) is 125 Å². The van der Waals surface area contributed by atoms with E-state index >= 15 is 0 Å². The van der Waals surface area contributed by atoms with Gasteiger partial charge in [-0.05, 0) is 75.6 Å². The first-order chi connectivity index (χ1) is 19.1. The van der Waals surface area contributed by atoms with Gasteiger partial charge in [0.2, 0.25) is 6.41 Å². The van der Waals surface area contributed by atoms with Gasteiger partial charge in [-0.15, -0.1) is 0 Å². The highest BCUT2D eigenvalue weighted by atomic mass is 16.6. The highest BCUT2D eigenvalue weighted by molar-refractivity contribution is 5.95. The van der Waals surface area contributed by atoms with Crippen LogP contribution in [-0.4, -0.2) is 46.5 Å². The first-order valence-electron chi connectivity index (χ1n) is 13.2. The van der Waals surface area contributed by atoms with Gasteiger partial charge in [0.15, 0.2) is 0 Å². The molecule has 1 aliphatic rings. The molecule has 1 aliphatic heterocycles. The number of rotatable bonds is 7. The number of amides is 2.